The van der Waals surface area contributed by atoms with Crippen molar-refractivity contribution in [3.8, 4) is 5.75 Å². The summed E-state index contributed by atoms with van der Waals surface area (Å²) >= 11 is 0. The molecule has 2 aromatic carbocycles. The fourth-order valence-electron chi connectivity index (χ4n) is 2.88. The molecule has 118 valence electrons. The van der Waals surface area contributed by atoms with Gasteiger partial charge in [-0.3, -0.25) is 9.59 Å². The second kappa shape index (κ2) is 6.65. The number of Topliss-reactive ketones (excluding diaryl/α,β-unsaturated/α-hetero) is 1. The van der Waals surface area contributed by atoms with Crippen LogP contribution < -0.4 is 10.1 Å². The summed E-state index contributed by atoms with van der Waals surface area (Å²) in [5.41, 5.74) is 2.34. The molecular formula is C19H19NO3. The summed E-state index contributed by atoms with van der Waals surface area (Å²) in [7, 11) is 0. The van der Waals surface area contributed by atoms with Crippen LogP contribution >= 0.6 is 0 Å². The van der Waals surface area contributed by atoms with Crippen molar-refractivity contribution in [2.75, 3.05) is 11.9 Å². The molecule has 1 N–H and O–H groups in total. The Morgan fingerprint density at radius 2 is 2.00 bits per heavy atom. The van der Waals surface area contributed by atoms with Crippen LogP contribution in [0, 0.1) is 0 Å². The average molecular weight is 309 g/mol. The first-order chi connectivity index (χ1) is 11.1. The van der Waals surface area contributed by atoms with Crippen LogP contribution in [0.2, 0.25) is 0 Å². The second-order valence-corrected chi connectivity index (χ2v) is 5.76. The summed E-state index contributed by atoms with van der Waals surface area (Å²) in [6.45, 7) is 2.15. The maximum atomic E-state index is 12.3. The number of anilines is 1. The number of rotatable bonds is 4. The van der Waals surface area contributed by atoms with Gasteiger partial charge in [0.1, 0.15) is 5.75 Å². The zero-order chi connectivity index (χ0) is 16.2. The van der Waals surface area contributed by atoms with Crippen molar-refractivity contribution in [2.45, 2.75) is 25.7 Å². The number of carbonyl (C=O) groups excluding carboxylic acids is 2. The predicted molar refractivity (Wildman–Crippen MR) is 89.0 cm³/mol. The molecule has 1 unspecified atom stereocenters. The number of fused-ring (bicyclic) bond motifs is 1. The molecule has 0 aliphatic carbocycles. The molecule has 0 saturated carbocycles. The maximum absolute atomic E-state index is 12.3. The molecule has 4 nitrogen and oxygen atoms in total. The van der Waals surface area contributed by atoms with Crippen LogP contribution in [0.25, 0.3) is 0 Å². The molecule has 1 aliphatic rings. The van der Waals surface area contributed by atoms with Gasteiger partial charge in [-0.2, -0.15) is 0 Å². The highest BCUT2D eigenvalue weighted by Crippen LogP contribution is 2.35. The zero-order valence-corrected chi connectivity index (χ0v) is 13.0. The fourth-order valence-corrected chi connectivity index (χ4v) is 2.88. The van der Waals surface area contributed by atoms with E-state index in [1.807, 2.05) is 24.3 Å². The second-order valence-electron chi connectivity index (χ2n) is 5.76. The van der Waals surface area contributed by atoms with E-state index in [0.29, 0.717) is 24.3 Å². The van der Waals surface area contributed by atoms with E-state index in [4.69, 9.17) is 4.74 Å². The van der Waals surface area contributed by atoms with Crippen molar-refractivity contribution in [3.05, 3.63) is 59.7 Å². The van der Waals surface area contributed by atoms with E-state index < -0.39 is 0 Å². The van der Waals surface area contributed by atoms with Crippen molar-refractivity contribution >= 4 is 17.4 Å². The number of hydrogen-bond donors (Lipinski definition) is 1. The van der Waals surface area contributed by atoms with Crippen molar-refractivity contribution in [1.82, 2.24) is 0 Å². The van der Waals surface area contributed by atoms with Gasteiger partial charge in [0.25, 0.3) is 0 Å². The van der Waals surface area contributed by atoms with Crippen molar-refractivity contribution in [1.29, 1.82) is 0 Å². The highest BCUT2D eigenvalue weighted by atomic mass is 16.5. The Bertz CT molecular complexity index is 739. The van der Waals surface area contributed by atoms with Gasteiger partial charge >= 0.3 is 0 Å². The normalized spacial score (nSPS) is 16.1. The van der Waals surface area contributed by atoms with Crippen LogP contribution in [-0.2, 0) is 4.79 Å². The topological polar surface area (TPSA) is 55.4 Å². The Morgan fingerprint density at radius 1 is 1.17 bits per heavy atom. The highest BCUT2D eigenvalue weighted by molar-refractivity contribution is 5.97. The zero-order valence-electron chi connectivity index (χ0n) is 13.0. The molecule has 1 amide bonds. The molecule has 0 saturated heterocycles. The van der Waals surface area contributed by atoms with Gasteiger partial charge in [0.15, 0.2) is 5.78 Å². The lowest BCUT2D eigenvalue weighted by atomic mass is 9.90. The predicted octanol–water partition coefficient (Wildman–Crippen LogP) is 3.78. The Balaban J connectivity index is 1.69. The van der Waals surface area contributed by atoms with Gasteiger partial charge in [0, 0.05) is 17.7 Å². The number of para-hydroxylation sites is 1. The summed E-state index contributed by atoms with van der Waals surface area (Å²) in [6.07, 6.45) is 1.24. The largest absolute Gasteiger partial charge is 0.493 e. The number of ketones is 1. The van der Waals surface area contributed by atoms with Crippen LogP contribution in [0.4, 0.5) is 5.69 Å². The summed E-state index contributed by atoms with van der Waals surface area (Å²) in [5.74, 6) is 0.970. The molecule has 0 bridgehead atoms. The van der Waals surface area contributed by atoms with Gasteiger partial charge < -0.3 is 10.1 Å². The standard InChI is InChI=1S/C19H19NO3/c1-13(21)14-5-4-6-16(11-14)20-19(22)12-15-9-10-23-18-8-3-2-7-17(15)18/h2-8,11,15H,9-10,12H2,1H3,(H,20,22). The Morgan fingerprint density at radius 3 is 2.83 bits per heavy atom. The van der Waals surface area contributed by atoms with Gasteiger partial charge in [-0.05, 0) is 43.0 Å². The smallest absolute Gasteiger partial charge is 0.224 e. The Kier molecular flexibility index (Phi) is 4.42. The molecule has 1 atom stereocenters. The highest BCUT2D eigenvalue weighted by Gasteiger charge is 2.23. The molecule has 4 heteroatoms. The number of benzene rings is 2. The monoisotopic (exact) mass is 309 g/mol. The summed E-state index contributed by atoms with van der Waals surface area (Å²) in [5, 5.41) is 2.88. The van der Waals surface area contributed by atoms with Crippen molar-refractivity contribution in [3.63, 3.8) is 0 Å². The van der Waals surface area contributed by atoms with E-state index in [9.17, 15) is 9.59 Å². The van der Waals surface area contributed by atoms with Crippen LogP contribution in [0.3, 0.4) is 0 Å². The van der Waals surface area contributed by atoms with E-state index in [0.717, 1.165) is 17.7 Å². The summed E-state index contributed by atoms with van der Waals surface area (Å²) < 4.78 is 5.63. The molecule has 0 fully saturated rings. The van der Waals surface area contributed by atoms with E-state index >= 15 is 0 Å². The summed E-state index contributed by atoms with van der Waals surface area (Å²) in [6, 6.07) is 14.9. The number of amides is 1. The average Bonchev–Trinajstić information content (AvgIpc) is 2.55. The first kappa shape index (κ1) is 15.3. The van der Waals surface area contributed by atoms with Crippen molar-refractivity contribution in [2.24, 2.45) is 0 Å². The van der Waals surface area contributed by atoms with Gasteiger partial charge in [0.2, 0.25) is 5.91 Å². The quantitative estimate of drug-likeness (QED) is 0.874. The lowest BCUT2D eigenvalue weighted by Gasteiger charge is -2.25. The lowest BCUT2D eigenvalue weighted by molar-refractivity contribution is -0.116. The SMILES string of the molecule is CC(=O)c1cccc(NC(=O)CC2CCOc3ccccc32)c1. The third kappa shape index (κ3) is 3.59. The summed E-state index contributed by atoms with van der Waals surface area (Å²) in [4.78, 5) is 23.7. The minimum atomic E-state index is -0.0487. The molecule has 23 heavy (non-hydrogen) atoms. The molecule has 0 spiro atoms. The third-order valence-corrected chi connectivity index (χ3v) is 4.07. The van der Waals surface area contributed by atoms with E-state index in [2.05, 4.69) is 5.32 Å². The number of ether oxygens (including phenoxy) is 1. The maximum Gasteiger partial charge on any atom is 0.224 e. The van der Waals surface area contributed by atoms with Crippen LogP contribution in [0.1, 0.15) is 41.6 Å². The van der Waals surface area contributed by atoms with Crippen LogP contribution in [-0.4, -0.2) is 18.3 Å². The molecule has 0 aromatic heterocycles. The Labute approximate surface area is 135 Å². The minimum Gasteiger partial charge on any atom is -0.493 e. The van der Waals surface area contributed by atoms with Crippen LogP contribution in [0.15, 0.2) is 48.5 Å². The van der Waals surface area contributed by atoms with Crippen molar-refractivity contribution < 1.29 is 14.3 Å². The molecule has 2 aromatic rings. The Hall–Kier alpha value is -2.62. The number of carbonyl (C=O) groups is 2. The molecule has 1 heterocycles. The molecular weight excluding hydrogens is 290 g/mol. The van der Waals surface area contributed by atoms with E-state index in [1.54, 1.807) is 24.3 Å². The first-order valence-corrected chi connectivity index (χ1v) is 7.76. The van der Waals surface area contributed by atoms with Crippen LogP contribution in [0.5, 0.6) is 5.75 Å². The van der Waals surface area contributed by atoms with Gasteiger partial charge in [-0.15, -0.1) is 0 Å². The molecule has 1 aliphatic heterocycles. The van der Waals surface area contributed by atoms with E-state index in [-0.39, 0.29) is 17.6 Å². The number of hydrogen-bond acceptors (Lipinski definition) is 3. The minimum absolute atomic E-state index is 0.0144. The third-order valence-electron chi connectivity index (χ3n) is 4.07. The fraction of sp³-hybridized carbons (Fsp3) is 0.263. The van der Waals surface area contributed by atoms with Gasteiger partial charge in [-0.1, -0.05) is 30.3 Å². The van der Waals surface area contributed by atoms with E-state index in [1.165, 1.54) is 6.92 Å². The molecule has 0 radical (unpaired) electrons. The van der Waals surface area contributed by atoms with Gasteiger partial charge in [0.05, 0.1) is 6.61 Å². The number of nitrogens with one attached hydrogen (secondary N) is 1. The lowest BCUT2D eigenvalue weighted by Crippen LogP contribution is -2.20. The first-order valence-electron chi connectivity index (χ1n) is 7.76. The van der Waals surface area contributed by atoms with Gasteiger partial charge in [-0.25, -0.2) is 0 Å². The molecule has 3 rings (SSSR count).